The molecular formula is C19H22N2O2. The van der Waals surface area contributed by atoms with E-state index in [9.17, 15) is 9.59 Å². The van der Waals surface area contributed by atoms with E-state index in [4.69, 9.17) is 0 Å². The van der Waals surface area contributed by atoms with Gasteiger partial charge < -0.3 is 10.6 Å². The van der Waals surface area contributed by atoms with E-state index in [1.165, 1.54) is 5.56 Å². The molecule has 0 heterocycles. The van der Waals surface area contributed by atoms with Crippen molar-refractivity contribution in [2.75, 3.05) is 11.9 Å². The van der Waals surface area contributed by atoms with Crippen molar-refractivity contribution in [2.45, 2.75) is 25.7 Å². The maximum absolute atomic E-state index is 11.7. The lowest BCUT2D eigenvalue weighted by Crippen LogP contribution is -2.32. The Morgan fingerprint density at radius 2 is 1.43 bits per heavy atom. The minimum absolute atomic E-state index is 0.00636. The minimum Gasteiger partial charge on any atom is -0.347 e. The number of amides is 2. The van der Waals surface area contributed by atoms with Gasteiger partial charge in [-0.15, -0.1) is 0 Å². The van der Waals surface area contributed by atoms with E-state index in [1.54, 1.807) is 0 Å². The summed E-state index contributed by atoms with van der Waals surface area (Å²) in [5.74, 6) is -0.296. The predicted octanol–water partition coefficient (Wildman–Crippen LogP) is 3.15. The van der Waals surface area contributed by atoms with Crippen molar-refractivity contribution in [3.8, 4) is 0 Å². The van der Waals surface area contributed by atoms with Gasteiger partial charge >= 0.3 is 0 Å². The molecule has 0 bridgehead atoms. The number of hydrogen-bond acceptors (Lipinski definition) is 2. The van der Waals surface area contributed by atoms with Crippen molar-refractivity contribution in [1.82, 2.24) is 5.32 Å². The number of hydrogen-bond donors (Lipinski definition) is 2. The zero-order chi connectivity index (χ0) is 16.3. The Bertz CT molecular complexity index is 612. The molecule has 0 aliphatic carbocycles. The van der Waals surface area contributed by atoms with Crippen molar-refractivity contribution in [2.24, 2.45) is 0 Å². The van der Waals surface area contributed by atoms with E-state index in [1.807, 2.05) is 48.5 Å². The number of unbranched alkanes of at least 4 members (excludes halogenated alkanes) is 1. The maximum Gasteiger partial charge on any atom is 0.243 e. The molecule has 0 aliphatic heterocycles. The number of anilines is 1. The van der Waals surface area contributed by atoms with Crippen molar-refractivity contribution in [1.29, 1.82) is 0 Å². The number of carbonyl (C=O) groups is 2. The highest BCUT2D eigenvalue weighted by molar-refractivity contribution is 5.94. The lowest BCUT2D eigenvalue weighted by Gasteiger charge is -2.07. The van der Waals surface area contributed by atoms with Crippen molar-refractivity contribution in [3.05, 3.63) is 66.2 Å². The third-order valence-corrected chi connectivity index (χ3v) is 3.47. The van der Waals surface area contributed by atoms with Crippen LogP contribution in [-0.4, -0.2) is 18.4 Å². The Morgan fingerprint density at radius 1 is 0.783 bits per heavy atom. The Labute approximate surface area is 136 Å². The van der Waals surface area contributed by atoms with Gasteiger partial charge in [-0.25, -0.2) is 0 Å². The molecule has 0 unspecified atom stereocenters. The molecule has 0 atom stereocenters. The van der Waals surface area contributed by atoms with Gasteiger partial charge in [0.15, 0.2) is 0 Å². The van der Waals surface area contributed by atoms with Gasteiger partial charge in [0.05, 0.1) is 6.54 Å². The smallest absolute Gasteiger partial charge is 0.243 e. The fraction of sp³-hybridized carbons (Fsp3) is 0.263. The van der Waals surface area contributed by atoms with Gasteiger partial charge in [0.1, 0.15) is 0 Å². The summed E-state index contributed by atoms with van der Waals surface area (Å²) < 4.78 is 0. The normalized spacial score (nSPS) is 10.1. The predicted molar refractivity (Wildman–Crippen MR) is 92.1 cm³/mol. The lowest BCUT2D eigenvalue weighted by molar-refractivity contribution is -0.124. The number of para-hydroxylation sites is 1. The summed E-state index contributed by atoms with van der Waals surface area (Å²) in [5.41, 5.74) is 2.02. The van der Waals surface area contributed by atoms with Crippen LogP contribution in [0.5, 0.6) is 0 Å². The first-order valence-corrected chi connectivity index (χ1v) is 7.89. The zero-order valence-electron chi connectivity index (χ0n) is 13.1. The van der Waals surface area contributed by atoms with Gasteiger partial charge in [-0.3, -0.25) is 9.59 Å². The first-order chi connectivity index (χ1) is 11.2. The highest BCUT2D eigenvalue weighted by atomic mass is 16.2. The van der Waals surface area contributed by atoms with Gasteiger partial charge in [0.25, 0.3) is 0 Å². The van der Waals surface area contributed by atoms with E-state index >= 15 is 0 Å². The molecule has 120 valence electrons. The SMILES string of the molecule is O=C(CCCCc1ccccc1)NCC(=O)Nc1ccccc1. The monoisotopic (exact) mass is 310 g/mol. The zero-order valence-corrected chi connectivity index (χ0v) is 13.1. The summed E-state index contributed by atoms with van der Waals surface area (Å²) in [6.45, 7) is 0.00636. The van der Waals surface area contributed by atoms with E-state index in [2.05, 4.69) is 22.8 Å². The summed E-state index contributed by atoms with van der Waals surface area (Å²) in [6.07, 6.45) is 3.21. The van der Waals surface area contributed by atoms with Crippen molar-refractivity contribution >= 4 is 17.5 Å². The summed E-state index contributed by atoms with van der Waals surface area (Å²) in [7, 11) is 0. The highest BCUT2D eigenvalue weighted by Gasteiger charge is 2.05. The number of nitrogens with one attached hydrogen (secondary N) is 2. The molecule has 0 fully saturated rings. The van der Waals surface area contributed by atoms with Crippen molar-refractivity contribution in [3.63, 3.8) is 0 Å². The molecule has 2 amide bonds. The third kappa shape index (κ3) is 6.78. The Hall–Kier alpha value is -2.62. The molecule has 0 spiro atoms. The molecule has 23 heavy (non-hydrogen) atoms. The average molecular weight is 310 g/mol. The van der Waals surface area contributed by atoms with Crippen LogP contribution in [0.1, 0.15) is 24.8 Å². The van der Waals surface area contributed by atoms with Crippen LogP contribution in [0.15, 0.2) is 60.7 Å². The highest BCUT2D eigenvalue weighted by Crippen LogP contribution is 2.06. The lowest BCUT2D eigenvalue weighted by atomic mass is 10.1. The first-order valence-electron chi connectivity index (χ1n) is 7.89. The van der Waals surface area contributed by atoms with Crippen molar-refractivity contribution < 1.29 is 9.59 Å². The second kappa shape index (κ2) is 9.41. The van der Waals surface area contributed by atoms with Crippen LogP contribution < -0.4 is 10.6 Å². The molecule has 0 aromatic heterocycles. The quantitative estimate of drug-likeness (QED) is 0.736. The fourth-order valence-electron chi connectivity index (χ4n) is 2.25. The largest absolute Gasteiger partial charge is 0.347 e. The molecule has 0 radical (unpaired) electrons. The third-order valence-electron chi connectivity index (χ3n) is 3.47. The standard InChI is InChI=1S/C19H22N2O2/c22-18(14-8-7-11-16-9-3-1-4-10-16)20-15-19(23)21-17-12-5-2-6-13-17/h1-6,9-10,12-13H,7-8,11,14-15H2,(H,20,22)(H,21,23). The average Bonchev–Trinajstić information content (AvgIpc) is 2.59. The Kier molecular flexibility index (Phi) is 6.85. The van der Waals surface area contributed by atoms with Crippen LogP contribution >= 0.6 is 0 Å². The summed E-state index contributed by atoms with van der Waals surface area (Å²) in [5, 5.41) is 5.38. The van der Waals surface area contributed by atoms with Gasteiger partial charge in [-0.05, 0) is 37.0 Å². The number of carbonyl (C=O) groups excluding carboxylic acids is 2. The molecule has 2 aromatic carbocycles. The van der Waals surface area contributed by atoms with Gasteiger partial charge in [0, 0.05) is 12.1 Å². The van der Waals surface area contributed by atoms with Gasteiger partial charge in [-0.1, -0.05) is 48.5 Å². The molecular weight excluding hydrogens is 288 g/mol. The Morgan fingerprint density at radius 3 is 2.13 bits per heavy atom. The summed E-state index contributed by atoms with van der Waals surface area (Å²) in [4.78, 5) is 23.4. The van der Waals surface area contributed by atoms with E-state index in [0.717, 1.165) is 24.9 Å². The van der Waals surface area contributed by atoms with Crippen LogP contribution in [0.3, 0.4) is 0 Å². The van der Waals surface area contributed by atoms with Crippen LogP contribution in [0.4, 0.5) is 5.69 Å². The van der Waals surface area contributed by atoms with Crippen LogP contribution in [0, 0.1) is 0 Å². The summed E-state index contributed by atoms with van der Waals surface area (Å²) >= 11 is 0. The molecule has 0 saturated carbocycles. The maximum atomic E-state index is 11.7. The fourth-order valence-corrected chi connectivity index (χ4v) is 2.25. The van der Waals surface area contributed by atoms with E-state index in [0.29, 0.717) is 6.42 Å². The second-order valence-electron chi connectivity index (χ2n) is 5.38. The molecule has 2 rings (SSSR count). The van der Waals surface area contributed by atoms with Gasteiger partial charge in [0.2, 0.25) is 11.8 Å². The first kappa shape index (κ1) is 16.7. The number of rotatable bonds is 8. The topological polar surface area (TPSA) is 58.2 Å². The van der Waals surface area contributed by atoms with Crippen LogP contribution in [0.2, 0.25) is 0 Å². The number of benzene rings is 2. The van der Waals surface area contributed by atoms with Crippen LogP contribution in [-0.2, 0) is 16.0 Å². The molecule has 4 heteroatoms. The van der Waals surface area contributed by atoms with E-state index < -0.39 is 0 Å². The number of aryl methyl sites for hydroxylation is 1. The van der Waals surface area contributed by atoms with Gasteiger partial charge in [-0.2, -0.15) is 0 Å². The summed E-state index contributed by atoms with van der Waals surface area (Å²) in [6, 6.07) is 19.4. The molecule has 4 nitrogen and oxygen atoms in total. The molecule has 0 aliphatic rings. The minimum atomic E-state index is -0.214. The molecule has 2 aromatic rings. The second-order valence-corrected chi connectivity index (χ2v) is 5.38. The Balaban J connectivity index is 1.57. The molecule has 0 saturated heterocycles. The van der Waals surface area contributed by atoms with E-state index in [-0.39, 0.29) is 18.4 Å². The van der Waals surface area contributed by atoms with Crippen LogP contribution in [0.25, 0.3) is 0 Å². The molecule has 2 N–H and O–H groups in total.